The molecule has 2 rings (SSSR count). The van der Waals surface area contributed by atoms with Crippen molar-refractivity contribution in [3.8, 4) is 0 Å². The summed E-state index contributed by atoms with van der Waals surface area (Å²) in [4.78, 5) is 4.12. The number of pyridine rings is 1. The summed E-state index contributed by atoms with van der Waals surface area (Å²) in [5.74, 6) is -1.96. The molecule has 1 aromatic heterocycles. The highest BCUT2D eigenvalue weighted by Crippen LogP contribution is 2.22. The van der Waals surface area contributed by atoms with Gasteiger partial charge in [0, 0.05) is 23.9 Å². The third-order valence-corrected chi connectivity index (χ3v) is 2.85. The van der Waals surface area contributed by atoms with E-state index in [-0.39, 0.29) is 12.0 Å². The second-order valence-corrected chi connectivity index (χ2v) is 4.13. The third-order valence-electron chi connectivity index (χ3n) is 2.85. The first-order valence-electron chi connectivity index (χ1n) is 5.62. The zero-order valence-corrected chi connectivity index (χ0v) is 9.90. The van der Waals surface area contributed by atoms with Gasteiger partial charge in [-0.15, -0.1) is 0 Å². The van der Waals surface area contributed by atoms with Crippen LogP contribution in [0.5, 0.6) is 0 Å². The van der Waals surface area contributed by atoms with Gasteiger partial charge >= 0.3 is 0 Å². The fourth-order valence-corrected chi connectivity index (χ4v) is 1.80. The molecule has 0 aliphatic rings. The minimum atomic E-state index is -1.10. The number of hydrogen-bond acceptors (Lipinski definition) is 2. The molecule has 0 saturated carbocycles. The average molecular weight is 249 g/mol. The van der Waals surface area contributed by atoms with Gasteiger partial charge in [-0.25, -0.2) is 8.78 Å². The van der Waals surface area contributed by atoms with Crippen molar-refractivity contribution in [1.29, 1.82) is 0 Å². The van der Waals surface area contributed by atoms with E-state index >= 15 is 0 Å². The molecule has 2 aromatic rings. The summed E-state index contributed by atoms with van der Waals surface area (Å²) in [5, 5.41) is 9.96. The summed E-state index contributed by atoms with van der Waals surface area (Å²) in [6.45, 7) is 1.86. The van der Waals surface area contributed by atoms with Crippen LogP contribution in [0.4, 0.5) is 8.78 Å². The molecule has 1 unspecified atom stereocenters. The van der Waals surface area contributed by atoms with Crippen molar-refractivity contribution in [1.82, 2.24) is 4.98 Å². The van der Waals surface area contributed by atoms with Crippen molar-refractivity contribution < 1.29 is 13.9 Å². The van der Waals surface area contributed by atoms with Gasteiger partial charge < -0.3 is 5.11 Å². The second-order valence-electron chi connectivity index (χ2n) is 4.13. The van der Waals surface area contributed by atoms with E-state index in [1.54, 1.807) is 12.3 Å². The molecule has 94 valence electrons. The molecule has 0 radical (unpaired) electrons. The number of aliphatic hydroxyl groups excluding tert-OH is 1. The van der Waals surface area contributed by atoms with Gasteiger partial charge in [-0.1, -0.05) is 18.2 Å². The zero-order valence-electron chi connectivity index (χ0n) is 9.90. The van der Waals surface area contributed by atoms with E-state index in [1.165, 1.54) is 12.1 Å². The van der Waals surface area contributed by atoms with Crippen LogP contribution in [0.2, 0.25) is 0 Å². The molecule has 0 bridgehead atoms. The Labute approximate surface area is 104 Å². The van der Waals surface area contributed by atoms with E-state index < -0.39 is 17.7 Å². The summed E-state index contributed by atoms with van der Waals surface area (Å²) >= 11 is 0. The fraction of sp³-hybridized carbons (Fsp3) is 0.214. The van der Waals surface area contributed by atoms with Crippen molar-refractivity contribution >= 4 is 0 Å². The summed E-state index contributed by atoms with van der Waals surface area (Å²) in [5.41, 5.74) is 1.54. The first kappa shape index (κ1) is 12.6. The number of hydrogen-bond donors (Lipinski definition) is 1. The Bertz CT molecular complexity index is 557. The molecule has 0 saturated heterocycles. The van der Waals surface area contributed by atoms with Crippen molar-refractivity contribution in [2.24, 2.45) is 0 Å². The number of halogens is 2. The van der Waals surface area contributed by atoms with E-state index in [0.29, 0.717) is 5.69 Å². The van der Waals surface area contributed by atoms with E-state index in [2.05, 4.69) is 4.98 Å². The first-order valence-corrected chi connectivity index (χ1v) is 5.62. The maximum atomic E-state index is 13.5. The van der Waals surface area contributed by atoms with Crippen molar-refractivity contribution in [3.63, 3.8) is 0 Å². The highest BCUT2D eigenvalue weighted by Gasteiger charge is 2.17. The third kappa shape index (κ3) is 2.54. The van der Waals surface area contributed by atoms with Crippen LogP contribution >= 0.6 is 0 Å². The van der Waals surface area contributed by atoms with Gasteiger partial charge in [0.2, 0.25) is 0 Å². The molecular formula is C14H13F2NO. The molecule has 0 aliphatic carbocycles. The molecule has 0 amide bonds. The number of rotatable bonds is 3. The zero-order chi connectivity index (χ0) is 13.1. The smallest absolute Gasteiger partial charge is 0.164 e. The number of benzene rings is 1. The minimum Gasteiger partial charge on any atom is -0.388 e. The number of aryl methyl sites for hydroxylation is 1. The molecule has 1 atom stereocenters. The maximum Gasteiger partial charge on any atom is 0.164 e. The molecular weight excluding hydrogens is 236 g/mol. The van der Waals surface area contributed by atoms with E-state index in [0.717, 1.165) is 11.6 Å². The molecule has 0 spiro atoms. The Hall–Kier alpha value is -1.81. The maximum absolute atomic E-state index is 13.5. The van der Waals surface area contributed by atoms with Crippen LogP contribution in [-0.4, -0.2) is 10.1 Å². The summed E-state index contributed by atoms with van der Waals surface area (Å²) in [6.07, 6.45) is 0.665. The lowest BCUT2D eigenvalue weighted by Gasteiger charge is -2.13. The monoisotopic (exact) mass is 249 g/mol. The van der Waals surface area contributed by atoms with Crippen molar-refractivity contribution in [2.45, 2.75) is 19.4 Å². The minimum absolute atomic E-state index is 0.0416. The van der Waals surface area contributed by atoms with Gasteiger partial charge in [-0.2, -0.15) is 0 Å². The van der Waals surface area contributed by atoms with E-state index in [4.69, 9.17) is 0 Å². The van der Waals surface area contributed by atoms with Crippen LogP contribution < -0.4 is 0 Å². The van der Waals surface area contributed by atoms with Crippen LogP contribution in [0, 0.1) is 18.6 Å². The number of nitrogens with zero attached hydrogens (tertiary/aromatic N) is 1. The average Bonchev–Trinajstić information content (AvgIpc) is 2.35. The van der Waals surface area contributed by atoms with Crippen LogP contribution in [-0.2, 0) is 6.42 Å². The summed E-state index contributed by atoms with van der Waals surface area (Å²) < 4.78 is 26.6. The molecule has 0 aliphatic heterocycles. The van der Waals surface area contributed by atoms with Gasteiger partial charge in [0.05, 0.1) is 6.10 Å². The lowest BCUT2D eigenvalue weighted by Crippen LogP contribution is -2.07. The SMILES string of the molecule is Cc1cccnc1CC(O)c1cccc(F)c1F. The number of aromatic nitrogens is 1. The largest absolute Gasteiger partial charge is 0.388 e. The second kappa shape index (κ2) is 5.23. The molecule has 1 N–H and O–H groups in total. The van der Waals surface area contributed by atoms with Crippen LogP contribution in [0.25, 0.3) is 0 Å². The highest BCUT2D eigenvalue weighted by molar-refractivity contribution is 5.25. The normalized spacial score (nSPS) is 12.4. The van der Waals surface area contributed by atoms with Crippen molar-refractivity contribution in [3.05, 3.63) is 65.0 Å². The fourth-order valence-electron chi connectivity index (χ4n) is 1.80. The van der Waals surface area contributed by atoms with Gasteiger partial charge in [-0.3, -0.25) is 4.98 Å². The Morgan fingerprint density at radius 2 is 2.00 bits per heavy atom. The molecule has 1 aromatic carbocycles. The van der Waals surface area contributed by atoms with Gasteiger partial charge in [0.1, 0.15) is 0 Å². The van der Waals surface area contributed by atoms with Gasteiger partial charge in [0.25, 0.3) is 0 Å². The van der Waals surface area contributed by atoms with Crippen LogP contribution in [0.15, 0.2) is 36.5 Å². The topological polar surface area (TPSA) is 33.1 Å². The molecule has 2 nitrogen and oxygen atoms in total. The van der Waals surface area contributed by atoms with Gasteiger partial charge in [-0.05, 0) is 24.6 Å². The standard InChI is InChI=1S/C14H13F2NO/c1-9-4-3-7-17-12(9)8-13(18)10-5-2-6-11(15)14(10)16/h2-7,13,18H,8H2,1H3. The Balaban J connectivity index is 2.25. The van der Waals surface area contributed by atoms with E-state index in [1.807, 2.05) is 13.0 Å². The van der Waals surface area contributed by atoms with Crippen LogP contribution in [0.3, 0.4) is 0 Å². The molecule has 1 heterocycles. The quantitative estimate of drug-likeness (QED) is 0.907. The Kier molecular flexibility index (Phi) is 3.67. The highest BCUT2D eigenvalue weighted by atomic mass is 19.2. The predicted molar refractivity (Wildman–Crippen MR) is 64.0 cm³/mol. The Morgan fingerprint density at radius 1 is 1.22 bits per heavy atom. The molecule has 4 heteroatoms. The van der Waals surface area contributed by atoms with Gasteiger partial charge in [0.15, 0.2) is 11.6 Å². The predicted octanol–water partition coefficient (Wildman–Crippen LogP) is 2.94. The Morgan fingerprint density at radius 3 is 2.72 bits per heavy atom. The molecule has 0 fully saturated rings. The summed E-state index contributed by atoms with van der Waals surface area (Å²) in [6, 6.07) is 7.42. The molecule has 18 heavy (non-hydrogen) atoms. The summed E-state index contributed by atoms with van der Waals surface area (Å²) in [7, 11) is 0. The number of aliphatic hydroxyl groups is 1. The lowest BCUT2D eigenvalue weighted by atomic mass is 10.0. The first-order chi connectivity index (χ1) is 8.59. The van der Waals surface area contributed by atoms with E-state index in [9.17, 15) is 13.9 Å². The van der Waals surface area contributed by atoms with Crippen molar-refractivity contribution in [2.75, 3.05) is 0 Å². The lowest BCUT2D eigenvalue weighted by molar-refractivity contribution is 0.171. The van der Waals surface area contributed by atoms with Crippen LogP contribution in [0.1, 0.15) is 22.9 Å².